The molecule has 10 nitrogen and oxygen atoms in total. The summed E-state index contributed by atoms with van der Waals surface area (Å²) < 4.78 is 10.7. The first-order valence-corrected chi connectivity index (χ1v) is 10.4. The maximum absolute atomic E-state index is 12.6. The first kappa shape index (κ1) is 24.1. The van der Waals surface area contributed by atoms with Crippen LogP contribution in [-0.2, 0) is 16.1 Å². The Balaban J connectivity index is 1.65. The zero-order valence-corrected chi connectivity index (χ0v) is 19.0. The molecule has 2 aromatic carbocycles. The van der Waals surface area contributed by atoms with Gasteiger partial charge in [-0.15, -0.1) is 10.2 Å². The zero-order chi connectivity index (χ0) is 24.1. The highest BCUT2D eigenvalue weighted by Gasteiger charge is 2.27. The largest absolute Gasteiger partial charge is 0.454 e. The second-order valence-corrected chi connectivity index (χ2v) is 8.08. The van der Waals surface area contributed by atoms with Crippen molar-refractivity contribution in [3.05, 3.63) is 74.1 Å². The van der Waals surface area contributed by atoms with Crippen LogP contribution < -0.4 is 5.32 Å². The maximum atomic E-state index is 12.6. The van der Waals surface area contributed by atoms with Crippen molar-refractivity contribution in [1.82, 2.24) is 15.5 Å². The predicted octanol–water partition coefficient (Wildman–Crippen LogP) is 4.45. The Morgan fingerprint density at radius 1 is 1.15 bits per heavy atom. The number of rotatable bonds is 8. The van der Waals surface area contributed by atoms with Crippen LogP contribution in [0.4, 0.5) is 5.69 Å². The van der Waals surface area contributed by atoms with Crippen molar-refractivity contribution in [2.75, 3.05) is 0 Å². The minimum Gasteiger partial charge on any atom is -0.454 e. The summed E-state index contributed by atoms with van der Waals surface area (Å²) in [6, 6.07) is 9.34. The molecule has 1 amide bonds. The Hall–Kier alpha value is -3.50. The molecule has 0 aliphatic carbocycles. The third-order valence-corrected chi connectivity index (χ3v) is 5.08. The van der Waals surface area contributed by atoms with Gasteiger partial charge < -0.3 is 14.5 Å². The molecule has 0 unspecified atom stereocenters. The Labute approximate surface area is 198 Å². The van der Waals surface area contributed by atoms with Crippen LogP contribution in [-0.4, -0.2) is 33.0 Å². The summed E-state index contributed by atoms with van der Waals surface area (Å²) in [5, 5.41) is 21.8. The lowest BCUT2D eigenvalue weighted by Gasteiger charge is -2.20. The van der Waals surface area contributed by atoms with E-state index in [9.17, 15) is 19.7 Å². The van der Waals surface area contributed by atoms with E-state index in [1.165, 1.54) is 12.1 Å². The second-order valence-electron chi connectivity index (χ2n) is 7.23. The molecule has 0 aliphatic heterocycles. The van der Waals surface area contributed by atoms with Crippen LogP contribution in [0.15, 0.2) is 46.9 Å². The Kier molecular flexibility index (Phi) is 7.62. The molecular formula is C21H18Cl2N4O6. The van der Waals surface area contributed by atoms with Gasteiger partial charge in [-0.25, -0.2) is 4.79 Å². The molecule has 3 rings (SSSR count). The van der Waals surface area contributed by atoms with Crippen LogP contribution in [0, 0.1) is 16.0 Å². The van der Waals surface area contributed by atoms with Crippen molar-refractivity contribution >= 4 is 40.8 Å². The average molecular weight is 493 g/mol. The molecule has 33 heavy (non-hydrogen) atoms. The summed E-state index contributed by atoms with van der Waals surface area (Å²) in [4.78, 5) is 35.5. The number of nitrogens with zero attached hydrogens (tertiary/aromatic N) is 3. The Bertz CT molecular complexity index is 1180. The number of carbonyl (C=O) groups is 2. The van der Waals surface area contributed by atoms with Crippen LogP contribution in [0.5, 0.6) is 0 Å². The maximum Gasteiger partial charge on any atom is 0.329 e. The number of ether oxygens (including phenoxy) is 1. The standard InChI is InChI=1S/C21H18Cl2N4O6/c1-11(2)18(24-19(28)13-5-8-15(23)16(9-13)27(30)31)21(29)32-10-17-25-26-20(33-17)12-3-6-14(22)7-4-12/h3-9,11,18H,10H2,1-2H3,(H,24,28)/t18-/m0/s1. The summed E-state index contributed by atoms with van der Waals surface area (Å²) >= 11 is 11.6. The topological polar surface area (TPSA) is 137 Å². The van der Waals surface area contributed by atoms with Gasteiger partial charge in [0.1, 0.15) is 11.1 Å². The number of esters is 1. The molecule has 1 aromatic heterocycles. The molecule has 1 N–H and O–H groups in total. The van der Waals surface area contributed by atoms with Crippen LogP contribution in [0.25, 0.3) is 11.5 Å². The van der Waals surface area contributed by atoms with Gasteiger partial charge in [0.2, 0.25) is 5.89 Å². The van der Waals surface area contributed by atoms with Crippen molar-refractivity contribution in [3.8, 4) is 11.5 Å². The van der Waals surface area contributed by atoms with Gasteiger partial charge in [0, 0.05) is 22.2 Å². The highest BCUT2D eigenvalue weighted by Crippen LogP contribution is 2.25. The summed E-state index contributed by atoms with van der Waals surface area (Å²) in [6.45, 7) is 3.12. The lowest BCUT2D eigenvalue weighted by molar-refractivity contribution is -0.384. The number of amides is 1. The second kappa shape index (κ2) is 10.4. The van der Waals surface area contributed by atoms with Crippen molar-refractivity contribution < 1.29 is 23.7 Å². The fraction of sp³-hybridized carbons (Fsp3) is 0.238. The number of aromatic nitrogens is 2. The van der Waals surface area contributed by atoms with Crippen molar-refractivity contribution in [2.45, 2.75) is 26.5 Å². The number of benzene rings is 2. The number of hydrogen-bond donors (Lipinski definition) is 1. The average Bonchev–Trinajstić information content (AvgIpc) is 3.25. The van der Waals surface area contributed by atoms with E-state index in [0.29, 0.717) is 10.6 Å². The minimum atomic E-state index is -1.02. The van der Waals surface area contributed by atoms with Crippen molar-refractivity contribution in [1.29, 1.82) is 0 Å². The van der Waals surface area contributed by atoms with E-state index in [1.54, 1.807) is 38.1 Å². The first-order chi connectivity index (χ1) is 15.7. The first-order valence-electron chi connectivity index (χ1n) is 9.65. The van der Waals surface area contributed by atoms with Gasteiger partial charge in [-0.2, -0.15) is 0 Å². The van der Waals surface area contributed by atoms with E-state index >= 15 is 0 Å². The summed E-state index contributed by atoms with van der Waals surface area (Å²) in [7, 11) is 0. The van der Waals surface area contributed by atoms with E-state index in [-0.39, 0.29) is 34.9 Å². The number of halogens is 2. The molecule has 12 heteroatoms. The van der Waals surface area contributed by atoms with Gasteiger partial charge in [0.25, 0.3) is 17.5 Å². The van der Waals surface area contributed by atoms with E-state index in [4.69, 9.17) is 32.4 Å². The quantitative estimate of drug-likeness (QED) is 0.276. The van der Waals surface area contributed by atoms with Crippen LogP contribution in [0.1, 0.15) is 30.1 Å². The molecule has 0 radical (unpaired) electrons. The zero-order valence-electron chi connectivity index (χ0n) is 17.5. The van der Waals surface area contributed by atoms with Gasteiger partial charge >= 0.3 is 5.97 Å². The van der Waals surface area contributed by atoms with Crippen LogP contribution >= 0.6 is 23.2 Å². The molecule has 0 spiro atoms. The third kappa shape index (κ3) is 6.05. The number of carbonyl (C=O) groups excluding carboxylic acids is 2. The lowest BCUT2D eigenvalue weighted by Crippen LogP contribution is -2.45. The molecule has 1 heterocycles. The molecule has 0 saturated heterocycles. The molecule has 3 aromatic rings. The monoisotopic (exact) mass is 492 g/mol. The number of nitro groups is 1. The fourth-order valence-electron chi connectivity index (χ4n) is 2.76. The van der Waals surface area contributed by atoms with E-state index in [0.717, 1.165) is 6.07 Å². The highest BCUT2D eigenvalue weighted by atomic mass is 35.5. The van der Waals surface area contributed by atoms with Crippen molar-refractivity contribution in [2.24, 2.45) is 5.92 Å². The lowest BCUT2D eigenvalue weighted by atomic mass is 10.0. The molecule has 0 bridgehead atoms. The summed E-state index contributed by atoms with van der Waals surface area (Å²) in [5.41, 5.74) is 0.212. The van der Waals surface area contributed by atoms with Gasteiger partial charge in [-0.05, 0) is 42.3 Å². The van der Waals surface area contributed by atoms with E-state index < -0.39 is 28.5 Å². The molecule has 0 saturated carbocycles. The van der Waals surface area contributed by atoms with Gasteiger partial charge in [0.05, 0.1) is 4.92 Å². The third-order valence-electron chi connectivity index (χ3n) is 4.51. The summed E-state index contributed by atoms with van der Waals surface area (Å²) in [6.07, 6.45) is 0. The minimum absolute atomic E-state index is 0.0194. The summed E-state index contributed by atoms with van der Waals surface area (Å²) in [5.74, 6) is -1.46. The SMILES string of the molecule is CC(C)[C@H](NC(=O)c1ccc(Cl)c([N+](=O)[O-])c1)C(=O)OCc1nnc(-c2ccc(Cl)cc2)o1. The van der Waals surface area contributed by atoms with Crippen LogP contribution in [0.2, 0.25) is 10.0 Å². The fourth-order valence-corrected chi connectivity index (χ4v) is 3.07. The van der Waals surface area contributed by atoms with Gasteiger partial charge in [0.15, 0.2) is 6.61 Å². The van der Waals surface area contributed by atoms with Gasteiger partial charge in [-0.3, -0.25) is 14.9 Å². The normalized spacial score (nSPS) is 11.8. The van der Waals surface area contributed by atoms with E-state index in [2.05, 4.69) is 15.5 Å². The Morgan fingerprint density at radius 2 is 1.85 bits per heavy atom. The molecule has 0 aliphatic rings. The van der Waals surface area contributed by atoms with Gasteiger partial charge in [-0.1, -0.05) is 37.0 Å². The molecule has 1 atom stereocenters. The number of hydrogen-bond acceptors (Lipinski definition) is 8. The molecule has 172 valence electrons. The predicted molar refractivity (Wildman–Crippen MR) is 119 cm³/mol. The van der Waals surface area contributed by atoms with E-state index in [1.807, 2.05) is 0 Å². The number of nitrogens with one attached hydrogen (secondary N) is 1. The Morgan fingerprint density at radius 3 is 2.48 bits per heavy atom. The van der Waals surface area contributed by atoms with Crippen LogP contribution in [0.3, 0.4) is 0 Å². The van der Waals surface area contributed by atoms with Crippen molar-refractivity contribution in [3.63, 3.8) is 0 Å². The smallest absolute Gasteiger partial charge is 0.329 e. The number of nitro benzene ring substituents is 1. The highest BCUT2D eigenvalue weighted by molar-refractivity contribution is 6.32. The molecule has 0 fully saturated rings. The molecular weight excluding hydrogens is 475 g/mol.